The Morgan fingerprint density at radius 1 is 1.14 bits per heavy atom. The quantitative estimate of drug-likeness (QED) is 0.506. The maximum absolute atomic E-state index is 10.0. The summed E-state index contributed by atoms with van der Waals surface area (Å²) in [5.41, 5.74) is 4.60. The first-order valence-electron chi connectivity index (χ1n) is 12.2. The van der Waals surface area contributed by atoms with Gasteiger partial charge in [0.2, 0.25) is 0 Å². The minimum Gasteiger partial charge on any atom is -0.396 e. The number of fused-ring (bicyclic) bond motifs is 1. The Bertz CT molecular complexity index is 630. The Morgan fingerprint density at radius 3 is 2.69 bits per heavy atom. The van der Waals surface area contributed by atoms with Gasteiger partial charge < -0.3 is 10.2 Å². The molecule has 3 fully saturated rings. The van der Waals surface area contributed by atoms with Crippen molar-refractivity contribution in [2.24, 2.45) is 29.1 Å². The third-order valence-corrected chi connectivity index (χ3v) is 8.58. The topological polar surface area (TPSA) is 40.5 Å². The standard InChI is InChI=1S/C27H44O2/c1-19(18-28)7-5-8-21(3)25-14-15-26-22(9-6-16-27(25,26)4)11-12-23-17-24(29)13-10-20(23)2/h11-12,19,21,24-26,28-29H,2,5-10,13-18H2,1,3-4H3/b22-11+,23-12-. The lowest BCUT2D eigenvalue weighted by Gasteiger charge is -2.44. The zero-order chi connectivity index (χ0) is 21.0. The predicted octanol–water partition coefficient (Wildman–Crippen LogP) is 6.59. The zero-order valence-corrected chi connectivity index (χ0v) is 19.1. The summed E-state index contributed by atoms with van der Waals surface area (Å²) in [5.74, 6) is 2.79. The van der Waals surface area contributed by atoms with E-state index in [9.17, 15) is 10.2 Å². The van der Waals surface area contributed by atoms with Gasteiger partial charge in [0.1, 0.15) is 0 Å². The van der Waals surface area contributed by atoms with E-state index >= 15 is 0 Å². The van der Waals surface area contributed by atoms with Crippen LogP contribution in [0.2, 0.25) is 0 Å². The monoisotopic (exact) mass is 400 g/mol. The molecule has 0 bridgehead atoms. The van der Waals surface area contributed by atoms with E-state index in [0.29, 0.717) is 17.9 Å². The maximum Gasteiger partial charge on any atom is 0.0583 e. The lowest BCUT2D eigenvalue weighted by atomic mass is 9.60. The van der Waals surface area contributed by atoms with E-state index in [1.165, 1.54) is 56.1 Å². The van der Waals surface area contributed by atoms with Crippen LogP contribution in [-0.4, -0.2) is 22.9 Å². The van der Waals surface area contributed by atoms with Gasteiger partial charge in [0, 0.05) is 6.61 Å². The van der Waals surface area contributed by atoms with E-state index in [-0.39, 0.29) is 6.10 Å². The summed E-state index contributed by atoms with van der Waals surface area (Å²) >= 11 is 0. The second-order valence-electron chi connectivity index (χ2n) is 10.7. The zero-order valence-electron chi connectivity index (χ0n) is 19.1. The lowest BCUT2D eigenvalue weighted by molar-refractivity contribution is 0.0922. The molecule has 2 nitrogen and oxygen atoms in total. The highest BCUT2D eigenvalue weighted by Gasteiger charge is 2.50. The van der Waals surface area contributed by atoms with E-state index in [2.05, 4.69) is 39.5 Å². The minimum absolute atomic E-state index is 0.188. The molecule has 0 aliphatic heterocycles. The van der Waals surface area contributed by atoms with Gasteiger partial charge in [0.25, 0.3) is 0 Å². The Hall–Kier alpha value is -0.860. The largest absolute Gasteiger partial charge is 0.396 e. The molecule has 6 atom stereocenters. The number of aliphatic hydroxyl groups excluding tert-OH is 2. The van der Waals surface area contributed by atoms with Crippen molar-refractivity contribution < 1.29 is 10.2 Å². The Morgan fingerprint density at radius 2 is 1.93 bits per heavy atom. The highest BCUT2D eigenvalue weighted by Crippen LogP contribution is 2.59. The van der Waals surface area contributed by atoms with Gasteiger partial charge in [-0.1, -0.05) is 63.5 Å². The van der Waals surface area contributed by atoms with Gasteiger partial charge in [-0.3, -0.25) is 0 Å². The molecule has 0 radical (unpaired) electrons. The molecule has 0 aromatic rings. The smallest absolute Gasteiger partial charge is 0.0583 e. The third-order valence-electron chi connectivity index (χ3n) is 8.58. The second-order valence-corrected chi connectivity index (χ2v) is 10.7. The first kappa shape index (κ1) is 22.8. The first-order valence-corrected chi connectivity index (χ1v) is 12.2. The molecule has 3 aliphatic rings. The maximum atomic E-state index is 10.0. The van der Waals surface area contributed by atoms with Crippen LogP contribution in [0.1, 0.15) is 91.4 Å². The summed E-state index contributed by atoms with van der Waals surface area (Å²) in [6, 6.07) is 0. The highest BCUT2D eigenvalue weighted by molar-refractivity contribution is 5.36. The Kier molecular flexibility index (Phi) is 7.84. The van der Waals surface area contributed by atoms with Crippen LogP contribution in [0.3, 0.4) is 0 Å². The molecular weight excluding hydrogens is 356 g/mol. The molecule has 0 aromatic heterocycles. The van der Waals surface area contributed by atoms with Crippen molar-refractivity contribution in [3.8, 4) is 0 Å². The average Bonchev–Trinajstić information content (AvgIpc) is 3.06. The fourth-order valence-corrected chi connectivity index (χ4v) is 6.69. The van der Waals surface area contributed by atoms with E-state index < -0.39 is 0 Å². The SMILES string of the molecule is C=C1CCC(O)C/C1=C/C=C1\CCCC2(C)C1CCC2C(C)CCCC(C)CO. The summed E-state index contributed by atoms with van der Waals surface area (Å²) in [6.07, 6.45) is 17.5. The molecular formula is C27H44O2. The fourth-order valence-electron chi connectivity index (χ4n) is 6.69. The number of rotatable bonds is 7. The normalized spacial score (nSPS) is 37.7. The molecule has 29 heavy (non-hydrogen) atoms. The van der Waals surface area contributed by atoms with Gasteiger partial charge >= 0.3 is 0 Å². The highest BCUT2D eigenvalue weighted by atomic mass is 16.3. The van der Waals surface area contributed by atoms with Gasteiger partial charge in [0.05, 0.1) is 6.10 Å². The molecule has 0 amide bonds. The Balaban J connectivity index is 1.67. The van der Waals surface area contributed by atoms with Crippen molar-refractivity contribution in [2.45, 2.75) is 97.5 Å². The minimum atomic E-state index is -0.188. The predicted molar refractivity (Wildman–Crippen MR) is 123 cm³/mol. The molecule has 0 heterocycles. The van der Waals surface area contributed by atoms with Crippen LogP contribution in [0.25, 0.3) is 0 Å². The molecule has 6 unspecified atom stereocenters. The van der Waals surface area contributed by atoms with E-state index in [1.54, 1.807) is 5.57 Å². The van der Waals surface area contributed by atoms with Crippen LogP contribution in [0.5, 0.6) is 0 Å². The van der Waals surface area contributed by atoms with Gasteiger partial charge in [-0.25, -0.2) is 0 Å². The van der Waals surface area contributed by atoms with Crippen molar-refractivity contribution >= 4 is 0 Å². The molecule has 2 heteroatoms. The molecule has 3 rings (SSSR count). The van der Waals surface area contributed by atoms with Crippen LogP contribution < -0.4 is 0 Å². The van der Waals surface area contributed by atoms with E-state index in [0.717, 1.165) is 43.4 Å². The lowest BCUT2D eigenvalue weighted by Crippen LogP contribution is -2.36. The van der Waals surface area contributed by atoms with E-state index in [4.69, 9.17) is 0 Å². The summed E-state index contributed by atoms with van der Waals surface area (Å²) in [7, 11) is 0. The summed E-state index contributed by atoms with van der Waals surface area (Å²) in [6.45, 7) is 11.8. The van der Waals surface area contributed by atoms with Gasteiger partial charge in [-0.2, -0.15) is 0 Å². The summed E-state index contributed by atoms with van der Waals surface area (Å²) in [5, 5.41) is 19.3. The molecule has 2 N–H and O–H groups in total. The fraction of sp³-hybridized carbons (Fsp3) is 0.778. The summed E-state index contributed by atoms with van der Waals surface area (Å²) < 4.78 is 0. The number of hydrogen-bond acceptors (Lipinski definition) is 2. The molecule has 164 valence electrons. The van der Waals surface area contributed by atoms with Crippen LogP contribution in [0, 0.1) is 29.1 Å². The average molecular weight is 401 g/mol. The van der Waals surface area contributed by atoms with Gasteiger partial charge in [0.15, 0.2) is 0 Å². The Labute approximate surface area is 179 Å². The number of aliphatic hydroxyl groups is 2. The van der Waals surface area contributed by atoms with Crippen LogP contribution >= 0.6 is 0 Å². The molecule has 0 spiro atoms. The summed E-state index contributed by atoms with van der Waals surface area (Å²) in [4.78, 5) is 0. The van der Waals surface area contributed by atoms with Crippen molar-refractivity contribution in [1.82, 2.24) is 0 Å². The van der Waals surface area contributed by atoms with Gasteiger partial charge in [-0.15, -0.1) is 0 Å². The molecule has 3 saturated carbocycles. The first-order chi connectivity index (χ1) is 13.8. The number of hydrogen-bond donors (Lipinski definition) is 2. The molecule has 0 aromatic carbocycles. The van der Waals surface area contributed by atoms with Crippen LogP contribution in [0.15, 0.2) is 35.5 Å². The third kappa shape index (κ3) is 5.25. The molecule has 3 aliphatic carbocycles. The second kappa shape index (κ2) is 9.96. The number of allylic oxidation sites excluding steroid dienone is 4. The van der Waals surface area contributed by atoms with Gasteiger partial charge in [-0.05, 0) is 92.4 Å². The van der Waals surface area contributed by atoms with Crippen LogP contribution in [0.4, 0.5) is 0 Å². The van der Waals surface area contributed by atoms with Crippen LogP contribution in [-0.2, 0) is 0 Å². The van der Waals surface area contributed by atoms with E-state index in [1.807, 2.05) is 0 Å². The van der Waals surface area contributed by atoms with Crippen molar-refractivity contribution in [3.63, 3.8) is 0 Å². The van der Waals surface area contributed by atoms with Crippen molar-refractivity contribution in [3.05, 3.63) is 35.5 Å². The van der Waals surface area contributed by atoms with Crippen molar-refractivity contribution in [1.29, 1.82) is 0 Å². The van der Waals surface area contributed by atoms with Crippen molar-refractivity contribution in [2.75, 3.05) is 6.61 Å². The molecule has 0 saturated heterocycles.